The van der Waals surface area contributed by atoms with Crippen LogP contribution in [0.4, 0.5) is 0 Å². The van der Waals surface area contributed by atoms with Crippen molar-refractivity contribution in [3.05, 3.63) is 48.0 Å². The molecule has 1 heteroatoms. The molecule has 2 aromatic rings. The molecule has 3 rings (SSSR count). The molecule has 2 unspecified atom stereocenters. The van der Waals surface area contributed by atoms with E-state index >= 15 is 0 Å². The highest BCUT2D eigenvalue weighted by Crippen LogP contribution is 2.34. The summed E-state index contributed by atoms with van der Waals surface area (Å²) >= 11 is 0. The van der Waals surface area contributed by atoms with E-state index in [4.69, 9.17) is 0 Å². The van der Waals surface area contributed by atoms with Gasteiger partial charge in [0.25, 0.3) is 0 Å². The van der Waals surface area contributed by atoms with E-state index in [-0.39, 0.29) is 0 Å². The fourth-order valence-corrected chi connectivity index (χ4v) is 3.47. The molecule has 0 aliphatic heterocycles. The molecule has 2 atom stereocenters. The second-order valence-corrected chi connectivity index (χ2v) is 5.66. The SMILES string of the molecule is CCNC1CCCCC1c1ccc2ccccc2c1. The van der Waals surface area contributed by atoms with Crippen molar-refractivity contribution in [1.82, 2.24) is 5.32 Å². The minimum atomic E-state index is 0.667. The molecular formula is C18H23N. The van der Waals surface area contributed by atoms with Crippen LogP contribution in [-0.2, 0) is 0 Å². The van der Waals surface area contributed by atoms with Crippen LogP contribution in [0.1, 0.15) is 44.1 Å². The van der Waals surface area contributed by atoms with E-state index in [0.29, 0.717) is 12.0 Å². The van der Waals surface area contributed by atoms with Gasteiger partial charge < -0.3 is 5.32 Å². The summed E-state index contributed by atoms with van der Waals surface area (Å²) in [7, 11) is 0. The lowest BCUT2D eigenvalue weighted by molar-refractivity contribution is 0.333. The quantitative estimate of drug-likeness (QED) is 0.850. The van der Waals surface area contributed by atoms with Gasteiger partial charge in [0.15, 0.2) is 0 Å². The zero-order valence-corrected chi connectivity index (χ0v) is 11.7. The Morgan fingerprint density at radius 3 is 2.63 bits per heavy atom. The van der Waals surface area contributed by atoms with Crippen molar-refractivity contribution in [2.45, 2.75) is 44.6 Å². The minimum Gasteiger partial charge on any atom is -0.314 e. The van der Waals surface area contributed by atoms with E-state index in [0.717, 1.165) is 6.54 Å². The molecule has 1 saturated carbocycles. The van der Waals surface area contributed by atoms with Crippen LogP contribution >= 0.6 is 0 Å². The van der Waals surface area contributed by atoms with Crippen LogP contribution in [0.25, 0.3) is 10.8 Å². The molecule has 1 nitrogen and oxygen atoms in total. The Morgan fingerprint density at radius 2 is 1.79 bits per heavy atom. The van der Waals surface area contributed by atoms with Crippen LogP contribution in [0.15, 0.2) is 42.5 Å². The van der Waals surface area contributed by atoms with E-state index in [1.165, 1.54) is 42.0 Å². The molecule has 0 heterocycles. The molecule has 0 bridgehead atoms. The van der Waals surface area contributed by atoms with Crippen LogP contribution in [0.5, 0.6) is 0 Å². The first kappa shape index (κ1) is 12.7. The largest absolute Gasteiger partial charge is 0.314 e. The predicted octanol–water partition coefficient (Wildman–Crippen LogP) is 4.48. The normalized spacial score (nSPS) is 23.6. The lowest BCUT2D eigenvalue weighted by Gasteiger charge is -2.32. The van der Waals surface area contributed by atoms with E-state index in [1.54, 1.807) is 0 Å². The molecule has 19 heavy (non-hydrogen) atoms. The molecule has 0 radical (unpaired) electrons. The van der Waals surface area contributed by atoms with Crippen LogP contribution in [0.2, 0.25) is 0 Å². The molecule has 1 fully saturated rings. The van der Waals surface area contributed by atoms with Crippen molar-refractivity contribution in [1.29, 1.82) is 0 Å². The molecule has 2 aromatic carbocycles. The number of fused-ring (bicyclic) bond motifs is 1. The van der Waals surface area contributed by atoms with Gasteiger partial charge in [0, 0.05) is 6.04 Å². The number of hydrogen-bond donors (Lipinski definition) is 1. The first-order valence-electron chi connectivity index (χ1n) is 7.60. The summed E-state index contributed by atoms with van der Waals surface area (Å²) in [5.41, 5.74) is 1.52. The molecule has 1 aliphatic carbocycles. The molecular weight excluding hydrogens is 230 g/mol. The average molecular weight is 253 g/mol. The van der Waals surface area contributed by atoms with Gasteiger partial charge in [0.2, 0.25) is 0 Å². The van der Waals surface area contributed by atoms with Crippen molar-refractivity contribution in [2.75, 3.05) is 6.54 Å². The van der Waals surface area contributed by atoms with Crippen LogP contribution in [0.3, 0.4) is 0 Å². The van der Waals surface area contributed by atoms with Crippen molar-refractivity contribution < 1.29 is 0 Å². The van der Waals surface area contributed by atoms with E-state index in [1.807, 2.05) is 0 Å². The molecule has 1 N–H and O–H groups in total. The van der Waals surface area contributed by atoms with Crippen molar-refractivity contribution in [3.63, 3.8) is 0 Å². The smallest absolute Gasteiger partial charge is 0.0136 e. The van der Waals surface area contributed by atoms with Gasteiger partial charge in [-0.15, -0.1) is 0 Å². The van der Waals surface area contributed by atoms with Crippen LogP contribution < -0.4 is 5.32 Å². The fraction of sp³-hybridized carbons (Fsp3) is 0.444. The highest BCUT2D eigenvalue weighted by Gasteiger charge is 2.25. The predicted molar refractivity (Wildman–Crippen MR) is 82.6 cm³/mol. The summed E-state index contributed by atoms with van der Waals surface area (Å²) in [6.45, 7) is 3.29. The van der Waals surface area contributed by atoms with Gasteiger partial charge in [0.1, 0.15) is 0 Å². The lowest BCUT2D eigenvalue weighted by atomic mass is 9.79. The number of hydrogen-bond acceptors (Lipinski definition) is 1. The van der Waals surface area contributed by atoms with Gasteiger partial charge in [0.05, 0.1) is 0 Å². The van der Waals surface area contributed by atoms with E-state index in [2.05, 4.69) is 54.7 Å². The van der Waals surface area contributed by atoms with Gasteiger partial charge in [-0.1, -0.05) is 62.2 Å². The third-order valence-corrected chi connectivity index (χ3v) is 4.43. The first-order valence-corrected chi connectivity index (χ1v) is 7.60. The summed E-state index contributed by atoms with van der Waals surface area (Å²) in [5, 5.41) is 6.41. The van der Waals surface area contributed by atoms with Gasteiger partial charge >= 0.3 is 0 Å². The Balaban J connectivity index is 1.92. The van der Waals surface area contributed by atoms with E-state index < -0.39 is 0 Å². The highest BCUT2D eigenvalue weighted by molar-refractivity contribution is 5.83. The minimum absolute atomic E-state index is 0.667. The highest BCUT2D eigenvalue weighted by atomic mass is 14.9. The summed E-state index contributed by atoms with van der Waals surface area (Å²) in [4.78, 5) is 0. The second-order valence-electron chi connectivity index (χ2n) is 5.66. The molecule has 0 aromatic heterocycles. The van der Waals surface area contributed by atoms with Gasteiger partial charge in [-0.25, -0.2) is 0 Å². The molecule has 1 aliphatic rings. The Kier molecular flexibility index (Phi) is 3.84. The van der Waals surface area contributed by atoms with Gasteiger partial charge in [-0.2, -0.15) is 0 Å². The average Bonchev–Trinajstić information content (AvgIpc) is 2.48. The second kappa shape index (κ2) is 5.75. The molecule has 0 saturated heterocycles. The van der Waals surface area contributed by atoms with Crippen molar-refractivity contribution in [2.24, 2.45) is 0 Å². The maximum absolute atomic E-state index is 3.68. The van der Waals surface area contributed by atoms with Gasteiger partial charge in [-0.3, -0.25) is 0 Å². The zero-order valence-electron chi connectivity index (χ0n) is 11.7. The van der Waals surface area contributed by atoms with Crippen molar-refractivity contribution >= 4 is 10.8 Å². The maximum atomic E-state index is 3.68. The standard InChI is InChI=1S/C18H23N/c1-2-19-18-10-6-5-9-17(18)16-12-11-14-7-3-4-8-15(14)13-16/h3-4,7-8,11-13,17-19H,2,5-6,9-10H2,1H3. The Labute approximate surface area is 116 Å². The lowest BCUT2D eigenvalue weighted by Crippen LogP contribution is -2.37. The first-order chi connectivity index (χ1) is 9.38. The topological polar surface area (TPSA) is 12.0 Å². The number of nitrogens with one attached hydrogen (secondary N) is 1. The Hall–Kier alpha value is -1.34. The Bertz CT molecular complexity index is 544. The summed E-state index contributed by atoms with van der Waals surface area (Å²) in [5.74, 6) is 0.693. The third-order valence-electron chi connectivity index (χ3n) is 4.43. The molecule has 100 valence electrons. The summed E-state index contributed by atoms with van der Waals surface area (Å²) in [6.07, 6.45) is 5.41. The fourth-order valence-electron chi connectivity index (χ4n) is 3.47. The van der Waals surface area contributed by atoms with Gasteiger partial charge in [-0.05, 0) is 41.6 Å². The zero-order chi connectivity index (χ0) is 13.1. The third kappa shape index (κ3) is 2.66. The monoisotopic (exact) mass is 253 g/mol. The summed E-state index contributed by atoms with van der Waals surface area (Å²) < 4.78 is 0. The molecule has 0 spiro atoms. The molecule has 0 amide bonds. The van der Waals surface area contributed by atoms with E-state index in [9.17, 15) is 0 Å². The number of benzene rings is 2. The van der Waals surface area contributed by atoms with Crippen LogP contribution in [-0.4, -0.2) is 12.6 Å². The Morgan fingerprint density at radius 1 is 1.00 bits per heavy atom. The maximum Gasteiger partial charge on any atom is 0.0136 e. The number of rotatable bonds is 3. The van der Waals surface area contributed by atoms with Crippen LogP contribution in [0, 0.1) is 0 Å². The summed E-state index contributed by atoms with van der Waals surface area (Å²) in [6, 6.07) is 16.4. The van der Waals surface area contributed by atoms with Crippen molar-refractivity contribution in [3.8, 4) is 0 Å². The number of likely N-dealkylation sites (N-methyl/N-ethyl adjacent to an activating group) is 1.